The fourth-order valence-electron chi connectivity index (χ4n) is 0.766. The number of rotatable bonds is 0. The average Bonchev–Trinajstić information content (AvgIpc) is 2.28. The smallest absolute Gasteiger partial charge is 0.0868 e. The van der Waals surface area contributed by atoms with Crippen molar-refractivity contribution in [2.75, 3.05) is 0 Å². The maximum atomic E-state index is 4.22. The second-order valence-corrected chi connectivity index (χ2v) is 3.79. The van der Waals surface area contributed by atoms with Crippen LogP contribution in [0, 0.1) is 0 Å². The van der Waals surface area contributed by atoms with Crippen LogP contribution in [0.15, 0.2) is 39.7 Å². The number of fused-ring (bicyclic) bond motifs is 1. The van der Waals surface area contributed by atoms with Crippen molar-refractivity contribution in [1.82, 2.24) is 0 Å². The summed E-state index contributed by atoms with van der Waals surface area (Å²) in [7, 11) is 3.25. The van der Waals surface area contributed by atoms with Crippen molar-refractivity contribution in [3.63, 3.8) is 0 Å². The molecule has 1 heterocycles. The number of nitrogens with zero attached hydrogens (tertiary/aromatic N) is 1. The summed E-state index contributed by atoms with van der Waals surface area (Å²) in [6.07, 6.45) is 10.2. The second kappa shape index (κ2) is 2.68. The van der Waals surface area contributed by atoms with E-state index in [0.29, 0.717) is 0 Å². The Labute approximate surface area is 67.5 Å². The van der Waals surface area contributed by atoms with Crippen molar-refractivity contribution in [3.8, 4) is 0 Å². The van der Waals surface area contributed by atoms with Crippen LogP contribution in [0.2, 0.25) is 0 Å². The molecule has 0 aromatic rings. The molecule has 1 aliphatic heterocycles. The summed E-state index contributed by atoms with van der Waals surface area (Å²) >= 11 is 0. The van der Waals surface area contributed by atoms with E-state index in [1.54, 1.807) is 10.8 Å². The topological polar surface area (TPSA) is 12.4 Å². The molecule has 0 fully saturated rings. The zero-order valence-electron chi connectivity index (χ0n) is 5.15. The van der Waals surface area contributed by atoms with Gasteiger partial charge >= 0.3 is 0 Å². The molecule has 0 saturated heterocycles. The average molecular weight is 167 g/mol. The van der Waals surface area contributed by atoms with E-state index >= 15 is 0 Å². The summed E-state index contributed by atoms with van der Waals surface area (Å²) in [6, 6.07) is 0. The van der Waals surface area contributed by atoms with E-state index in [2.05, 4.69) is 10.5 Å². The molecule has 1 aliphatic carbocycles. The van der Waals surface area contributed by atoms with Gasteiger partial charge in [0.1, 0.15) is 0 Å². The van der Waals surface area contributed by atoms with Gasteiger partial charge in [-0.1, -0.05) is 18.2 Å². The Kier molecular flexibility index (Phi) is 1.69. The standard InChI is InChI=1S/C7H5NS2/c1-2-4-6-7(5-3-1)9-10-8-6/h1-5H. The molecule has 0 spiro atoms. The molecule has 0 unspecified atom stereocenters. The Morgan fingerprint density at radius 3 is 3.20 bits per heavy atom. The monoisotopic (exact) mass is 167 g/mol. The molecule has 10 heavy (non-hydrogen) atoms. The predicted octanol–water partition coefficient (Wildman–Crippen LogP) is 2.75. The molecule has 2 aliphatic rings. The maximum absolute atomic E-state index is 4.22. The van der Waals surface area contributed by atoms with Crippen molar-refractivity contribution in [3.05, 3.63) is 35.3 Å². The molecule has 0 atom stereocenters. The zero-order valence-corrected chi connectivity index (χ0v) is 6.78. The Morgan fingerprint density at radius 2 is 2.20 bits per heavy atom. The van der Waals surface area contributed by atoms with Gasteiger partial charge in [0.2, 0.25) is 0 Å². The molecule has 0 bridgehead atoms. The van der Waals surface area contributed by atoms with Gasteiger partial charge in [-0.25, -0.2) is 4.40 Å². The number of hydrogen-bond acceptors (Lipinski definition) is 3. The first-order valence-corrected chi connectivity index (χ1v) is 5.04. The van der Waals surface area contributed by atoms with Gasteiger partial charge in [-0.3, -0.25) is 0 Å². The van der Waals surface area contributed by atoms with Crippen molar-refractivity contribution >= 4 is 27.5 Å². The van der Waals surface area contributed by atoms with Crippen LogP contribution in [0.1, 0.15) is 0 Å². The van der Waals surface area contributed by atoms with E-state index in [-0.39, 0.29) is 0 Å². The van der Waals surface area contributed by atoms with Gasteiger partial charge < -0.3 is 0 Å². The summed E-state index contributed by atoms with van der Waals surface area (Å²) in [5, 5.41) is 0. The molecule has 0 aromatic heterocycles. The fraction of sp³-hybridized carbons (Fsp3) is 0. The van der Waals surface area contributed by atoms with E-state index in [1.165, 1.54) is 15.9 Å². The van der Waals surface area contributed by atoms with E-state index in [4.69, 9.17) is 0 Å². The lowest BCUT2D eigenvalue weighted by Gasteiger charge is -1.88. The minimum Gasteiger partial charge on any atom is -0.204 e. The third kappa shape index (κ3) is 1.07. The van der Waals surface area contributed by atoms with Gasteiger partial charge in [0.05, 0.1) is 5.71 Å². The van der Waals surface area contributed by atoms with Crippen LogP contribution in [0.4, 0.5) is 0 Å². The highest BCUT2D eigenvalue weighted by Gasteiger charge is 2.11. The molecule has 0 radical (unpaired) electrons. The van der Waals surface area contributed by atoms with Crippen molar-refractivity contribution in [1.29, 1.82) is 0 Å². The van der Waals surface area contributed by atoms with Crippen LogP contribution in [0.3, 0.4) is 0 Å². The van der Waals surface area contributed by atoms with Crippen LogP contribution < -0.4 is 0 Å². The third-order valence-electron chi connectivity index (χ3n) is 1.24. The Hall–Kier alpha value is -0.410. The van der Waals surface area contributed by atoms with Gasteiger partial charge in [-0.2, -0.15) is 0 Å². The molecule has 50 valence electrons. The highest BCUT2D eigenvalue weighted by Crippen LogP contribution is 2.39. The molecular weight excluding hydrogens is 162 g/mol. The lowest BCUT2D eigenvalue weighted by molar-refractivity contribution is 1.89. The lowest BCUT2D eigenvalue weighted by Crippen LogP contribution is -1.86. The van der Waals surface area contributed by atoms with E-state index in [0.717, 1.165) is 5.71 Å². The highest BCUT2D eigenvalue weighted by molar-refractivity contribution is 8.78. The van der Waals surface area contributed by atoms with Crippen molar-refractivity contribution in [2.24, 2.45) is 4.40 Å². The van der Waals surface area contributed by atoms with Crippen LogP contribution in [-0.4, -0.2) is 5.71 Å². The second-order valence-electron chi connectivity index (χ2n) is 1.91. The van der Waals surface area contributed by atoms with Crippen LogP contribution >= 0.6 is 21.8 Å². The van der Waals surface area contributed by atoms with Gasteiger partial charge in [0, 0.05) is 15.9 Å². The van der Waals surface area contributed by atoms with Crippen molar-refractivity contribution in [2.45, 2.75) is 0 Å². The number of hydrogen-bond donors (Lipinski definition) is 0. The largest absolute Gasteiger partial charge is 0.204 e. The molecule has 1 nitrogen and oxygen atoms in total. The first-order valence-electron chi connectivity index (χ1n) is 2.94. The fourth-order valence-corrected chi connectivity index (χ4v) is 2.53. The summed E-state index contributed by atoms with van der Waals surface area (Å²) in [5.41, 5.74) is 1.10. The van der Waals surface area contributed by atoms with Crippen LogP contribution in [-0.2, 0) is 0 Å². The summed E-state index contributed by atoms with van der Waals surface area (Å²) in [6.45, 7) is 0. The Balaban J connectivity index is 2.42. The molecule has 3 heteroatoms. The molecule has 0 saturated carbocycles. The molecule has 0 aromatic carbocycles. The van der Waals surface area contributed by atoms with E-state index in [1.807, 2.05) is 24.3 Å². The van der Waals surface area contributed by atoms with Gasteiger partial charge in [-0.15, -0.1) is 0 Å². The Bertz CT molecular complexity index is 261. The zero-order chi connectivity index (χ0) is 6.81. The lowest BCUT2D eigenvalue weighted by atomic mass is 10.3. The maximum Gasteiger partial charge on any atom is 0.0868 e. The summed E-state index contributed by atoms with van der Waals surface area (Å²) in [5.74, 6) is 0. The Morgan fingerprint density at radius 1 is 1.20 bits per heavy atom. The van der Waals surface area contributed by atoms with Crippen molar-refractivity contribution < 1.29 is 0 Å². The molecule has 0 N–H and O–H groups in total. The first-order chi connectivity index (χ1) is 4.97. The number of allylic oxidation sites excluding steroid dienone is 6. The quantitative estimate of drug-likeness (QED) is 0.406. The first kappa shape index (κ1) is 6.31. The van der Waals surface area contributed by atoms with Gasteiger partial charge in [0.25, 0.3) is 0 Å². The van der Waals surface area contributed by atoms with Gasteiger partial charge in [0.15, 0.2) is 0 Å². The van der Waals surface area contributed by atoms with Crippen LogP contribution in [0.5, 0.6) is 0 Å². The minimum atomic E-state index is 1.10. The molecule has 2 rings (SSSR count). The van der Waals surface area contributed by atoms with E-state index < -0.39 is 0 Å². The molecular formula is C7H5NS2. The SMILES string of the molecule is C1=CC=C2SSN=C2C=C1. The normalized spacial score (nSPS) is 21.6. The molecule has 0 amide bonds. The highest BCUT2D eigenvalue weighted by atomic mass is 33.1. The van der Waals surface area contributed by atoms with E-state index in [9.17, 15) is 0 Å². The summed E-state index contributed by atoms with van der Waals surface area (Å²) < 4.78 is 4.22. The minimum absolute atomic E-state index is 1.10. The van der Waals surface area contributed by atoms with Gasteiger partial charge in [-0.05, 0) is 22.9 Å². The van der Waals surface area contributed by atoms with Crippen LogP contribution in [0.25, 0.3) is 0 Å². The predicted molar refractivity (Wildman–Crippen MR) is 49.0 cm³/mol. The summed E-state index contributed by atoms with van der Waals surface area (Å²) in [4.78, 5) is 1.26. The third-order valence-corrected chi connectivity index (χ3v) is 3.10.